The molecule has 21 heavy (non-hydrogen) atoms. The minimum atomic E-state index is -3.43. The minimum absolute atomic E-state index is 0.0278. The summed E-state index contributed by atoms with van der Waals surface area (Å²) in [6.07, 6.45) is 0. The predicted molar refractivity (Wildman–Crippen MR) is 83.8 cm³/mol. The molecule has 1 aromatic heterocycles. The molecule has 1 heterocycles. The van der Waals surface area contributed by atoms with E-state index in [0.29, 0.717) is 5.52 Å². The van der Waals surface area contributed by atoms with Crippen LogP contribution in [0.3, 0.4) is 0 Å². The fourth-order valence-electron chi connectivity index (χ4n) is 2.32. The molecule has 3 rings (SSSR count). The lowest BCUT2D eigenvalue weighted by atomic mass is 10.2. The lowest BCUT2D eigenvalue weighted by molar-refractivity contribution is 0.592. The van der Waals surface area contributed by atoms with Crippen LogP contribution in [-0.4, -0.2) is 13.4 Å². The molecule has 0 radical (unpaired) electrons. The highest BCUT2D eigenvalue weighted by Gasteiger charge is 2.17. The van der Waals surface area contributed by atoms with E-state index in [0.717, 1.165) is 16.5 Å². The maximum atomic E-state index is 12.5. The van der Waals surface area contributed by atoms with Crippen molar-refractivity contribution in [3.05, 3.63) is 71.8 Å². The Kier molecular flexibility index (Phi) is 3.47. The fraction of sp³-hybridized carbons (Fsp3) is 0.118. The van der Waals surface area contributed by atoms with E-state index < -0.39 is 9.84 Å². The second-order valence-electron chi connectivity index (χ2n) is 5.09. The van der Waals surface area contributed by atoms with Gasteiger partial charge in [0.15, 0.2) is 14.9 Å². The Morgan fingerprint density at radius 2 is 1.76 bits per heavy atom. The number of nitrogens with zero attached hydrogens (tertiary/aromatic N) is 1. The van der Waals surface area contributed by atoms with Gasteiger partial charge < -0.3 is 0 Å². The van der Waals surface area contributed by atoms with E-state index in [9.17, 15) is 8.42 Å². The average molecular weight is 297 g/mol. The van der Waals surface area contributed by atoms with Crippen LogP contribution in [0.15, 0.2) is 65.7 Å². The maximum Gasteiger partial charge on any atom is 0.199 e. The first kappa shape index (κ1) is 13.8. The lowest BCUT2D eigenvalue weighted by Crippen LogP contribution is -2.07. The topological polar surface area (TPSA) is 47.0 Å². The number of para-hydroxylation sites is 1. The van der Waals surface area contributed by atoms with Gasteiger partial charge in [-0.1, -0.05) is 48.0 Å². The van der Waals surface area contributed by atoms with Crippen LogP contribution in [-0.2, 0) is 15.6 Å². The van der Waals surface area contributed by atoms with Crippen molar-refractivity contribution in [2.45, 2.75) is 17.7 Å². The van der Waals surface area contributed by atoms with Crippen molar-refractivity contribution in [2.24, 2.45) is 0 Å². The number of hydrogen-bond acceptors (Lipinski definition) is 3. The zero-order chi connectivity index (χ0) is 14.9. The normalized spacial score (nSPS) is 11.7. The highest BCUT2D eigenvalue weighted by Crippen LogP contribution is 2.19. The second-order valence-corrected chi connectivity index (χ2v) is 7.03. The summed E-state index contributed by atoms with van der Waals surface area (Å²) in [6.45, 7) is 1.95. The fourth-order valence-corrected chi connectivity index (χ4v) is 3.59. The van der Waals surface area contributed by atoms with Gasteiger partial charge in [-0.15, -0.1) is 0 Å². The zero-order valence-corrected chi connectivity index (χ0v) is 12.5. The van der Waals surface area contributed by atoms with Gasteiger partial charge in [-0.2, -0.15) is 0 Å². The van der Waals surface area contributed by atoms with Crippen LogP contribution in [0.4, 0.5) is 0 Å². The summed E-state index contributed by atoms with van der Waals surface area (Å²) in [7, 11) is -3.43. The van der Waals surface area contributed by atoms with Crippen molar-refractivity contribution < 1.29 is 8.42 Å². The van der Waals surface area contributed by atoms with Gasteiger partial charge in [0, 0.05) is 5.39 Å². The molecule has 0 fully saturated rings. The summed E-state index contributed by atoms with van der Waals surface area (Å²) >= 11 is 0. The monoisotopic (exact) mass is 297 g/mol. The molecule has 3 aromatic rings. The molecule has 106 valence electrons. The highest BCUT2D eigenvalue weighted by atomic mass is 32.2. The average Bonchev–Trinajstić information content (AvgIpc) is 2.46. The van der Waals surface area contributed by atoms with Gasteiger partial charge in [0.05, 0.1) is 11.3 Å². The van der Waals surface area contributed by atoms with Gasteiger partial charge in [0.25, 0.3) is 0 Å². The molecule has 0 saturated carbocycles. The zero-order valence-electron chi connectivity index (χ0n) is 11.7. The number of hydrogen-bond donors (Lipinski definition) is 0. The Morgan fingerprint density at radius 3 is 2.57 bits per heavy atom. The third-order valence-electron chi connectivity index (χ3n) is 3.33. The van der Waals surface area contributed by atoms with Crippen LogP contribution in [0.2, 0.25) is 0 Å². The summed E-state index contributed by atoms with van der Waals surface area (Å²) in [6, 6.07) is 18.4. The Morgan fingerprint density at radius 1 is 0.952 bits per heavy atom. The van der Waals surface area contributed by atoms with E-state index in [1.54, 1.807) is 12.1 Å². The van der Waals surface area contributed by atoms with Crippen LogP contribution in [0, 0.1) is 6.92 Å². The lowest BCUT2D eigenvalue weighted by Gasteiger charge is -2.06. The van der Waals surface area contributed by atoms with E-state index in [4.69, 9.17) is 0 Å². The van der Waals surface area contributed by atoms with Gasteiger partial charge in [-0.05, 0) is 30.7 Å². The molecule has 4 heteroatoms. The van der Waals surface area contributed by atoms with Crippen molar-refractivity contribution in [3.8, 4) is 0 Å². The molecule has 0 aliphatic heterocycles. The summed E-state index contributed by atoms with van der Waals surface area (Å²) < 4.78 is 25.0. The summed E-state index contributed by atoms with van der Waals surface area (Å²) in [4.78, 5) is 4.28. The molecular formula is C17H15NO2S. The standard InChI is InChI=1S/C17H15NO2S/c1-13-5-4-6-14(11-13)12-21(19,20)17-10-9-15-7-2-3-8-16(15)18-17/h2-11H,12H2,1H3. The first-order valence-electron chi connectivity index (χ1n) is 6.69. The third-order valence-corrected chi connectivity index (χ3v) is 4.91. The van der Waals surface area contributed by atoms with E-state index in [1.165, 1.54) is 0 Å². The Bertz CT molecular complexity index is 901. The van der Waals surface area contributed by atoms with Gasteiger partial charge in [-0.25, -0.2) is 13.4 Å². The molecule has 0 aliphatic carbocycles. The van der Waals surface area contributed by atoms with E-state index in [1.807, 2.05) is 55.5 Å². The molecule has 0 spiro atoms. The Hall–Kier alpha value is -2.20. The van der Waals surface area contributed by atoms with Crippen LogP contribution < -0.4 is 0 Å². The van der Waals surface area contributed by atoms with Gasteiger partial charge in [0.2, 0.25) is 0 Å². The Labute approximate surface area is 124 Å². The highest BCUT2D eigenvalue weighted by molar-refractivity contribution is 7.90. The molecule has 2 aromatic carbocycles. The van der Waals surface area contributed by atoms with Gasteiger partial charge in [-0.3, -0.25) is 0 Å². The smallest absolute Gasteiger partial charge is 0.199 e. The van der Waals surface area contributed by atoms with Gasteiger partial charge >= 0.3 is 0 Å². The van der Waals surface area contributed by atoms with Crippen LogP contribution in [0.1, 0.15) is 11.1 Å². The molecule has 3 nitrogen and oxygen atoms in total. The molecule has 0 amide bonds. The van der Waals surface area contributed by atoms with Crippen LogP contribution >= 0.6 is 0 Å². The Balaban J connectivity index is 2.00. The number of aromatic nitrogens is 1. The molecule has 0 atom stereocenters. The first-order valence-corrected chi connectivity index (χ1v) is 8.34. The third kappa shape index (κ3) is 2.95. The second kappa shape index (κ2) is 5.30. The number of benzene rings is 2. The predicted octanol–water partition coefficient (Wildman–Crippen LogP) is 3.52. The van der Waals surface area contributed by atoms with E-state index >= 15 is 0 Å². The van der Waals surface area contributed by atoms with E-state index in [2.05, 4.69) is 4.98 Å². The molecular weight excluding hydrogens is 282 g/mol. The van der Waals surface area contributed by atoms with Crippen LogP contribution in [0.25, 0.3) is 10.9 Å². The minimum Gasteiger partial charge on any atom is -0.236 e. The van der Waals surface area contributed by atoms with Crippen LogP contribution in [0.5, 0.6) is 0 Å². The van der Waals surface area contributed by atoms with Crippen molar-refractivity contribution in [1.82, 2.24) is 4.98 Å². The summed E-state index contributed by atoms with van der Waals surface area (Å²) in [5, 5.41) is 1.06. The van der Waals surface area contributed by atoms with Crippen molar-refractivity contribution in [2.75, 3.05) is 0 Å². The van der Waals surface area contributed by atoms with Crippen molar-refractivity contribution in [1.29, 1.82) is 0 Å². The molecule has 0 aliphatic rings. The number of pyridine rings is 1. The van der Waals surface area contributed by atoms with E-state index in [-0.39, 0.29) is 10.8 Å². The quantitative estimate of drug-likeness (QED) is 0.743. The van der Waals surface area contributed by atoms with Crippen molar-refractivity contribution in [3.63, 3.8) is 0 Å². The summed E-state index contributed by atoms with van der Waals surface area (Å²) in [5.41, 5.74) is 2.53. The number of fused-ring (bicyclic) bond motifs is 1. The molecule has 0 saturated heterocycles. The number of aryl methyl sites for hydroxylation is 1. The molecule has 0 bridgehead atoms. The molecule has 0 unspecified atom stereocenters. The largest absolute Gasteiger partial charge is 0.236 e. The first-order chi connectivity index (χ1) is 10.0. The summed E-state index contributed by atoms with van der Waals surface area (Å²) in [5.74, 6) is -0.0278. The number of rotatable bonds is 3. The van der Waals surface area contributed by atoms with Gasteiger partial charge in [0.1, 0.15) is 0 Å². The van der Waals surface area contributed by atoms with Crippen molar-refractivity contribution >= 4 is 20.7 Å². The maximum absolute atomic E-state index is 12.5. The molecule has 0 N–H and O–H groups in total. The SMILES string of the molecule is Cc1cccc(CS(=O)(=O)c2ccc3ccccc3n2)c1. The number of sulfone groups is 1.